The van der Waals surface area contributed by atoms with Gasteiger partial charge in [0, 0.05) is 13.1 Å². The fourth-order valence-corrected chi connectivity index (χ4v) is 1.80. The van der Waals surface area contributed by atoms with Crippen LogP contribution in [0.5, 0.6) is 5.75 Å². The second-order valence-corrected chi connectivity index (χ2v) is 5.25. The molecule has 27 heavy (non-hydrogen) atoms. The molecule has 0 aliphatic heterocycles. The topological polar surface area (TPSA) is 105 Å². The summed E-state index contributed by atoms with van der Waals surface area (Å²) in [6, 6.07) is -0.385. The fourth-order valence-electron chi connectivity index (χ4n) is 1.80. The molecule has 2 N–H and O–H groups in total. The van der Waals surface area contributed by atoms with E-state index in [1.807, 2.05) is 0 Å². The standard InChI is InChI=1S/C17H18F3NO6/c1-4-26-17(25)11(6-21-8(2)7-22)15(24)10-5-12(18)14(20)16(13(10)19)27-9(3)23/h5-6,8,22,24H,4,7H2,1-3H3. The number of esters is 2. The minimum Gasteiger partial charge on any atom is -0.506 e. The minimum absolute atomic E-state index is 0.0992. The fraction of sp³-hybridized carbons (Fsp3) is 0.353. The van der Waals surface area contributed by atoms with E-state index in [0.717, 1.165) is 13.1 Å². The second-order valence-electron chi connectivity index (χ2n) is 5.25. The van der Waals surface area contributed by atoms with Gasteiger partial charge in [-0.2, -0.15) is 4.39 Å². The average Bonchev–Trinajstić information content (AvgIpc) is 2.61. The summed E-state index contributed by atoms with van der Waals surface area (Å²) in [5.41, 5.74) is -1.62. The van der Waals surface area contributed by atoms with Gasteiger partial charge in [-0.25, -0.2) is 13.6 Å². The Morgan fingerprint density at radius 1 is 1.30 bits per heavy atom. The third kappa shape index (κ3) is 5.55. The normalized spacial score (nSPS) is 13.3. The molecule has 1 rings (SSSR count). The number of aliphatic hydroxyl groups excluding tert-OH is 2. The Morgan fingerprint density at radius 3 is 2.44 bits per heavy atom. The summed E-state index contributed by atoms with van der Waals surface area (Å²) in [5.74, 6) is -9.75. The van der Waals surface area contributed by atoms with E-state index in [1.165, 1.54) is 13.8 Å². The zero-order valence-corrected chi connectivity index (χ0v) is 14.8. The van der Waals surface area contributed by atoms with Gasteiger partial charge in [-0.1, -0.05) is 0 Å². The third-order valence-corrected chi connectivity index (χ3v) is 3.09. The molecule has 0 amide bonds. The van der Waals surface area contributed by atoms with E-state index in [4.69, 9.17) is 9.84 Å². The summed E-state index contributed by atoms with van der Waals surface area (Å²) in [6.45, 7) is 3.30. The molecule has 1 unspecified atom stereocenters. The summed E-state index contributed by atoms with van der Waals surface area (Å²) in [6.07, 6.45) is 0.806. The lowest BCUT2D eigenvalue weighted by molar-refractivity contribution is -0.138. The predicted octanol–water partition coefficient (Wildman–Crippen LogP) is 2.31. The maximum atomic E-state index is 14.5. The molecule has 0 radical (unpaired) electrons. The first kappa shape index (κ1) is 22.2. The smallest absolute Gasteiger partial charge is 0.343 e. The van der Waals surface area contributed by atoms with Crippen molar-refractivity contribution in [3.63, 3.8) is 0 Å². The van der Waals surface area contributed by atoms with Crippen LogP contribution in [-0.4, -0.2) is 47.6 Å². The Hall–Kier alpha value is -2.88. The molecule has 1 atom stereocenters. The number of hydrogen-bond acceptors (Lipinski definition) is 7. The van der Waals surface area contributed by atoms with Gasteiger partial charge >= 0.3 is 11.9 Å². The van der Waals surface area contributed by atoms with E-state index >= 15 is 0 Å². The predicted molar refractivity (Wildman–Crippen MR) is 88.8 cm³/mol. The number of aliphatic imine (C=N–C) groups is 1. The van der Waals surface area contributed by atoms with Crippen LogP contribution in [0.2, 0.25) is 0 Å². The molecule has 0 spiro atoms. The van der Waals surface area contributed by atoms with Crippen molar-refractivity contribution >= 4 is 23.9 Å². The summed E-state index contributed by atoms with van der Waals surface area (Å²) in [4.78, 5) is 26.8. The highest BCUT2D eigenvalue weighted by atomic mass is 19.2. The molecule has 0 saturated carbocycles. The molecule has 0 aliphatic carbocycles. The second kappa shape index (κ2) is 9.72. The lowest BCUT2D eigenvalue weighted by Gasteiger charge is -2.12. The molecule has 0 aliphatic rings. The molecular weight excluding hydrogens is 371 g/mol. The van der Waals surface area contributed by atoms with Crippen molar-refractivity contribution < 1.29 is 42.4 Å². The van der Waals surface area contributed by atoms with E-state index < -0.39 is 58.1 Å². The molecule has 0 aromatic heterocycles. The summed E-state index contributed by atoms with van der Waals surface area (Å²) in [7, 11) is 0. The van der Waals surface area contributed by atoms with Crippen LogP contribution in [0.1, 0.15) is 26.3 Å². The first-order valence-electron chi connectivity index (χ1n) is 7.74. The molecule has 10 heteroatoms. The van der Waals surface area contributed by atoms with Crippen LogP contribution < -0.4 is 4.74 Å². The van der Waals surface area contributed by atoms with Crippen LogP contribution in [0.25, 0.3) is 5.76 Å². The SMILES string of the molecule is CCOC(=O)C(C=NC(C)CO)=C(O)c1cc(F)c(F)c(OC(C)=O)c1F. The Morgan fingerprint density at radius 2 is 1.93 bits per heavy atom. The van der Waals surface area contributed by atoms with Crippen molar-refractivity contribution in [2.75, 3.05) is 13.2 Å². The van der Waals surface area contributed by atoms with Crippen LogP contribution in [0.3, 0.4) is 0 Å². The Labute approximate surface area is 152 Å². The Bertz CT molecular complexity index is 791. The van der Waals surface area contributed by atoms with Gasteiger partial charge in [-0.15, -0.1) is 0 Å². The van der Waals surface area contributed by atoms with Gasteiger partial charge in [0.05, 0.1) is 24.8 Å². The number of halogens is 3. The van der Waals surface area contributed by atoms with Crippen molar-refractivity contribution in [1.82, 2.24) is 0 Å². The van der Waals surface area contributed by atoms with Crippen LogP contribution in [0, 0.1) is 17.5 Å². The maximum absolute atomic E-state index is 14.5. The molecular formula is C17H18F3NO6. The first-order chi connectivity index (χ1) is 12.6. The molecule has 1 aromatic carbocycles. The van der Waals surface area contributed by atoms with Crippen molar-refractivity contribution in [1.29, 1.82) is 0 Å². The van der Waals surface area contributed by atoms with Gasteiger partial charge in [0.1, 0.15) is 11.3 Å². The molecule has 1 aromatic rings. The Balaban J connectivity index is 3.64. The molecule has 0 saturated heterocycles. The van der Waals surface area contributed by atoms with E-state index in [2.05, 4.69) is 9.73 Å². The van der Waals surface area contributed by atoms with Gasteiger partial charge in [0.25, 0.3) is 0 Å². The van der Waals surface area contributed by atoms with E-state index in [-0.39, 0.29) is 19.3 Å². The van der Waals surface area contributed by atoms with Crippen molar-refractivity contribution in [2.24, 2.45) is 4.99 Å². The molecule has 148 valence electrons. The lowest BCUT2D eigenvalue weighted by Crippen LogP contribution is -2.14. The van der Waals surface area contributed by atoms with Crippen molar-refractivity contribution in [3.8, 4) is 5.75 Å². The zero-order valence-electron chi connectivity index (χ0n) is 14.8. The monoisotopic (exact) mass is 389 g/mol. The minimum atomic E-state index is -1.78. The van der Waals surface area contributed by atoms with Gasteiger partial charge < -0.3 is 19.7 Å². The molecule has 0 fully saturated rings. The number of rotatable bonds is 7. The highest BCUT2D eigenvalue weighted by Crippen LogP contribution is 2.31. The third-order valence-electron chi connectivity index (χ3n) is 3.09. The van der Waals surface area contributed by atoms with Crippen LogP contribution in [0.4, 0.5) is 13.2 Å². The number of hydrogen-bond donors (Lipinski definition) is 2. The number of ether oxygens (including phenoxy) is 2. The van der Waals surface area contributed by atoms with E-state index in [1.54, 1.807) is 0 Å². The zero-order chi connectivity index (χ0) is 20.7. The van der Waals surface area contributed by atoms with Crippen LogP contribution in [-0.2, 0) is 14.3 Å². The van der Waals surface area contributed by atoms with Crippen LogP contribution in [0.15, 0.2) is 16.6 Å². The highest BCUT2D eigenvalue weighted by molar-refractivity contribution is 6.15. The number of benzene rings is 1. The molecule has 0 heterocycles. The summed E-state index contributed by atoms with van der Waals surface area (Å²) >= 11 is 0. The molecule has 0 bridgehead atoms. The average molecular weight is 389 g/mol. The highest BCUT2D eigenvalue weighted by Gasteiger charge is 2.26. The summed E-state index contributed by atoms with van der Waals surface area (Å²) in [5, 5.41) is 19.2. The first-order valence-corrected chi connectivity index (χ1v) is 7.74. The van der Waals surface area contributed by atoms with Crippen molar-refractivity contribution in [3.05, 3.63) is 34.7 Å². The maximum Gasteiger partial charge on any atom is 0.343 e. The van der Waals surface area contributed by atoms with Gasteiger partial charge in [0.15, 0.2) is 11.6 Å². The number of carbonyl (C=O) groups is 2. The van der Waals surface area contributed by atoms with Gasteiger partial charge in [-0.05, 0) is 19.9 Å². The molecule has 7 nitrogen and oxygen atoms in total. The van der Waals surface area contributed by atoms with Crippen LogP contribution >= 0.6 is 0 Å². The summed E-state index contributed by atoms with van der Waals surface area (Å²) < 4.78 is 51.0. The lowest BCUT2D eigenvalue weighted by atomic mass is 10.1. The number of aliphatic hydroxyl groups is 2. The van der Waals surface area contributed by atoms with Gasteiger partial charge in [0.2, 0.25) is 11.6 Å². The number of carbonyl (C=O) groups excluding carboxylic acids is 2. The Kier molecular flexibility index (Phi) is 7.98. The van der Waals surface area contributed by atoms with Gasteiger partial charge in [-0.3, -0.25) is 9.79 Å². The van der Waals surface area contributed by atoms with Crippen molar-refractivity contribution in [2.45, 2.75) is 26.8 Å². The quantitative estimate of drug-likeness (QED) is 0.185. The van der Waals surface area contributed by atoms with E-state index in [9.17, 15) is 27.9 Å². The largest absolute Gasteiger partial charge is 0.506 e. The van der Waals surface area contributed by atoms with E-state index in [0.29, 0.717) is 0 Å². The number of nitrogens with zero attached hydrogens (tertiary/aromatic N) is 1.